The predicted octanol–water partition coefficient (Wildman–Crippen LogP) is 3.80. The monoisotopic (exact) mass is 268 g/mol. The Morgan fingerprint density at radius 3 is 2.32 bits per heavy atom. The van der Waals surface area contributed by atoms with E-state index in [2.05, 4.69) is 39.9 Å². The molecule has 1 saturated carbocycles. The molecular weight excluding hydrogens is 232 g/mol. The summed E-state index contributed by atoms with van der Waals surface area (Å²) in [6.45, 7) is 13.6. The normalized spacial score (nSPS) is 28.6. The van der Waals surface area contributed by atoms with Crippen LogP contribution in [-0.2, 0) is 0 Å². The van der Waals surface area contributed by atoms with E-state index >= 15 is 0 Å². The summed E-state index contributed by atoms with van der Waals surface area (Å²) in [6.07, 6.45) is 6.60. The van der Waals surface area contributed by atoms with E-state index in [1.54, 1.807) is 0 Å². The molecule has 0 bridgehead atoms. The molecule has 2 unspecified atom stereocenters. The second-order valence-corrected chi connectivity index (χ2v) is 7.39. The summed E-state index contributed by atoms with van der Waals surface area (Å²) in [4.78, 5) is 0. The van der Waals surface area contributed by atoms with Crippen LogP contribution in [0, 0.1) is 23.7 Å². The number of hydrogen-bond acceptors (Lipinski definition) is 2. The second kappa shape index (κ2) is 7.64. The fourth-order valence-corrected chi connectivity index (χ4v) is 3.83. The first-order valence-electron chi connectivity index (χ1n) is 8.39. The lowest BCUT2D eigenvalue weighted by Gasteiger charge is -2.42. The van der Waals surface area contributed by atoms with E-state index in [9.17, 15) is 0 Å². The molecule has 0 saturated heterocycles. The van der Waals surface area contributed by atoms with Gasteiger partial charge >= 0.3 is 0 Å². The molecule has 0 amide bonds. The van der Waals surface area contributed by atoms with E-state index in [4.69, 9.17) is 5.73 Å². The molecule has 0 aromatic rings. The average molecular weight is 268 g/mol. The minimum atomic E-state index is 0.223. The molecule has 2 atom stereocenters. The van der Waals surface area contributed by atoms with Gasteiger partial charge in [0.1, 0.15) is 0 Å². The van der Waals surface area contributed by atoms with Crippen LogP contribution in [-0.4, -0.2) is 18.6 Å². The van der Waals surface area contributed by atoms with Crippen LogP contribution in [0.25, 0.3) is 0 Å². The first-order chi connectivity index (χ1) is 8.94. The number of nitrogens with two attached hydrogens (primary N) is 1. The minimum absolute atomic E-state index is 0.223. The third-order valence-electron chi connectivity index (χ3n) is 5.34. The van der Waals surface area contributed by atoms with Crippen molar-refractivity contribution in [3.63, 3.8) is 0 Å². The van der Waals surface area contributed by atoms with Gasteiger partial charge in [0.25, 0.3) is 0 Å². The van der Waals surface area contributed by atoms with Crippen LogP contribution < -0.4 is 11.1 Å². The molecule has 0 aromatic carbocycles. The molecule has 1 rings (SSSR count). The number of rotatable bonds is 7. The summed E-state index contributed by atoms with van der Waals surface area (Å²) >= 11 is 0. The lowest BCUT2D eigenvalue weighted by Crippen LogP contribution is -2.55. The van der Waals surface area contributed by atoms with Crippen molar-refractivity contribution >= 4 is 0 Å². The maximum Gasteiger partial charge on any atom is 0.0306 e. The Morgan fingerprint density at radius 1 is 1.21 bits per heavy atom. The Kier molecular flexibility index (Phi) is 6.82. The molecule has 19 heavy (non-hydrogen) atoms. The molecule has 2 nitrogen and oxygen atoms in total. The average Bonchev–Trinajstić information content (AvgIpc) is 2.38. The number of nitrogens with one attached hydrogen (secondary N) is 1. The predicted molar refractivity (Wildman–Crippen MR) is 85.2 cm³/mol. The fourth-order valence-electron chi connectivity index (χ4n) is 3.83. The van der Waals surface area contributed by atoms with E-state index in [-0.39, 0.29) is 5.54 Å². The Bertz CT molecular complexity index is 242. The van der Waals surface area contributed by atoms with Gasteiger partial charge in [0, 0.05) is 12.1 Å². The Hall–Kier alpha value is -0.0800. The zero-order valence-corrected chi connectivity index (χ0v) is 13.8. The smallest absolute Gasteiger partial charge is 0.0306 e. The third kappa shape index (κ3) is 4.75. The van der Waals surface area contributed by atoms with Crippen molar-refractivity contribution in [2.75, 3.05) is 13.1 Å². The SMILES string of the molecule is CCC1CCCC(CN)(NCC(C(C)C)C(C)C)C1. The van der Waals surface area contributed by atoms with Gasteiger partial charge in [-0.15, -0.1) is 0 Å². The minimum Gasteiger partial charge on any atom is -0.329 e. The molecule has 2 heteroatoms. The van der Waals surface area contributed by atoms with E-state index in [1.165, 1.54) is 32.1 Å². The van der Waals surface area contributed by atoms with Crippen LogP contribution >= 0.6 is 0 Å². The van der Waals surface area contributed by atoms with Crippen LogP contribution in [0.15, 0.2) is 0 Å². The van der Waals surface area contributed by atoms with E-state index in [0.717, 1.165) is 36.8 Å². The van der Waals surface area contributed by atoms with Gasteiger partial charge in [0.05, 0.1) is 0 Å². The molecule has 114 valence electrons. The largest absolute Gasteiger partial charge is 0.329 e. The van der Waals surface area contributed by atoms with Crippen LogP contribution in [0.1, 0.15) is 66.7 Å². The quantitative estimate of drug-likeness (QED) is 0.737. The van der Waals surface area contributed by atoms with E-state index < -0.39 is 0 Å². The first-order valence-corrected chi connectivity index (χ1v) is 8.39. The van der Waals surface area contributed by atoms with Crippen molar-refractivity contribution in [2.45, 2.75) is 72.3 Å². The highest BCUT2D eigenvalue weighted by atomic mass is 15.0. The lowest BCUT2D eigenvalue weighted by atomic mass is 9.74. The Balaban J connectivity index is 2.60. The van der Waals surface area contributed by atoms with E-state index in [0.29, 0.717) is 0 Å². The summed E-state index contributed by atoms with van der Waals surface area (Å²) in [6, 6.07) is 0. The van der Waals surface area contributed by atoms with Gasteiger partial charge in [-0.2, -0.15) is 0 Å². The van der Waals surface area contributed by atoms with Crippen LogP contribution in [0.3, 0.4) is 0 Å². The van der Waals surface area contributed by atoms with Gasteiger partial charge in [-0.25, -0.2) is 0 Å². The summed E-state index contributed by atoms with van der Waals surface area (Å²) in [5.41, 5.74) is 6.35. The summed E-state index contributed by atoms with van der Waals surface area (Å²) < 4.78 is 0. The van der Waals surface area contributed by atoms with Crippen molar-refractivity contribution in [1.82, 2.24) is 5.32 Å². The number of hydrogen-bond donors (Lipinski definition) is 2. The maximum atomic E-state index is 6.13. The summed E-state index contributed by atoms with van der Waals surface area (Å²) in [5, 5.41) is 3.89. The molecule has 0 radical (unpaired) electrons. The topological polar surface area (TPSA) is 38.0 Å². The Labute approximate surface area is 120 Å². The molecule has 0 heterocycles. The second-order valence-electron chi connectivity index (χ2n) is 7.39. The van der Waals surface area contributed by atoms with Crippen molar-refractivity contribution in [3.05, 3.63) is 0 Å². The van der Waals surface area contributed by atoms with Crippen molar-refractivity contribution < 1.29 is 0 Å². The highest BCUT2D eigenvalue weighted by Gasteiger charge is 2.35. The fraction of sp³-hybridized carbons (Fsp3) is 1.00. The molecule has 1 fully saturated rings. The van der Waals surface area contributed by atoms with Gasteiger partial charge in [-0.1, -0.05) is 53.9 Å². The van der Waals surface area contributed by atoms with Crippen molar-refractivity contribution in [3.8, 4) is 0 Å². The van der Waals surface area contributed by atoms with Crippen molar-refractivity contribution in [1.29, 1.82) is 0 Å². The third-order valence-corrected chi connectivity index (χ3v) is 5.34. The zero-order chi connectivity index (χ0) is 14.5. The van der Waals surface area contributed by atoms with E-state index in [1.807, 2.05) is 0 Å². The van der Waals surface area contributed by atoms with Gasteiger partial charge < -0.3 is 11.1 Å². The zero-order valence-electron chi connectivity index (χ0n) is 13.8. The van der Waals surface area contributed by atoms with Crippen LogP contribution in [0.4, 0.5) is 0 Å². The molecule has 0 aliphatic heterocycles. The Morgan fingerprint density at radius 2 is 1.84 bits per heavy atom. The molecular formula is C17H36N2. The molecule has 0 aromatic heterocycles. The molecule has 3 N–H and O–H groups in total. The van der Waals surface area contributed by atoms with Gasteiger partial charge in [-0.05, 0) is 43.1 Å². The molecule has 1 aliphatic rings. The van der Waals surface area contributed by atoms with Crippen LogP contribution in [0.5, 0.6) is 0 Å². The van der Waals surface area contributed by atoms with Gasteiger partial charge in [0.15, 0.2) is 0 Å². The van der Waals surface area contributed by atoms with Crippen LogP contribution in [0.2, 0.25) is 0 Å². The standard InChI is InChI=1S/C17H36N2/c1-6-15-8-7-9-17(10-15,12-18)19-11-16(13(2)3)14(4)5/h13-16,19H,6-12,18H2,1-5H3. The summed E-state index contributed by atoms with van der Waals surface area (Å²) in [7, 11) is 0. The first kappa shape index (κ1) is 17.0. The summed E-state index contributed by atoms with van der Waals surface area (Å²) in [5.74, 6) is 3.12. The van der Waals surface area contributed by atoms with Gasteiger partial charge in [0.2, 0.25) is 0 Å². The molecule has 1 aliphatic carbocycles. The highest BCUT2D eigenvalue weighted by molar-refractivity contribution is 4.95. The highest BCUT2D eigenvalue weighted by Crippen LogP contribution is 2.34. The lowest BCUT2D eigenvalue weighted by molar-refractivity contribution is 0.156. The van der Waals surface area contributed by atoms with Crippen molar-refractivity contribution in [2.24, 2.45) is 29.4 Å². The molecule has 0 spiro atoms. The van der Waals surface area contributed by atoms with Gasteiger partial charge in [-0.3, -0.25) is 0 Å². The maximum absolute atomic E-state index is 6.13.